The van der Waals surface area contributed by atoms with Gasteiger partial charge in [-0.2, -0.15) is 0 Å². The Morgan fingerprint density at radius 2 is 0.169 bits per heavy atom. The molecule has 0 unspecified atom stereocenters. The molecule has 0 atom stereocenters. The van der Waals surface area contributed by atoms with Crippen LogP contribution in [0.25, 0.3) is 0 Å². The molecule has 0 saturated carbocycles. The third kappa shape index (κ3) is 15100. The summed E-state index contributed by atoms with van der Waals surface area (Å²) in [6.07, 6.45) is 0. The van der Waals surface area contributed by atoms with Gasteiger partial charge in [0.1, 0.15) is 0 Å². The molecule has 0 aromatic heterocycles. The Kier molecular flexibility index (Phi) is 711. The molecule has 0 rings (SSSR count). The predicted octanol–water partition coefficient (Wildman–Crippen LogP) is -32.8. The minimum absolute atomic E-state index is 0. The molecule has 59 heteroatoms. The van der Waals surface area contributed by atoms with Gasteiger partial charge >= 0.3 is 199 Å². The van der Waals surface area contributed by atoms with Crippen LogP contribution in [-0.2, 0) is 100 Å². The summed E-state index contributed by atoms with van der Waals surface area (Å²) in [6, 6.07) is 0. The minimum atomic E-state index is -3.63. The Bertz CT molecular complexity index is 516. The molecule has 0 amide bonds. The molecule has 0 fully saturated rings. The van der Waals surface area contributed by atoms with Crippen LogP contribution >= 0.6 is 0 Å². The van der Waals surface area contributed by atoms with Gasteiger partial charge in [-0.1, -0.05) is 0 Å². The van der Waals surface area contributed by atoms with E-state index in [-0.39, 0.29) is 309 Å². The van der Waals surface area contributed by atoms with Crippen molar-refractivity contribution in [2.24, 2.45) is 0 Å². The van der Waals surface area contributed by atoms with E-state index in [0.29, 0.717) is 0 Å². The molecule has 0 aliphatic carbocycles. The van der Waals surface area contributed by atoms with E-state index in [9.17, 15) is 0 Å². The van der Waals surface area contributed by atoms with E-state index in [1.807, 2.05) is 0 Å². The molecular formula is H10Al3Ba3O40Si10V3-15. The first-order chi connectivity index (χ1) is 17.3. The average Bonchev–Trinajstić information content (AvgIpc) is 2.47. The van der Waals surface area contributed by atoms with E-state index in [0.717, 1.165) is 0 Å². The maximum Gasteiger partial charge on any atom is 3.00 e. The van der Waals surface area contributed by atoms with Gasteiger partial charge in [0, 0.05) is 147 Å². The summed E-state index contributed by atoms with van der Waals surface area (Å²) in [5.41, 5.74) is 0. The average molecular weight is 1580 g/mol. The third-order valence-electron chi connectivity index (χ3n) is 0. The molecular weight excluding hydrogens is 1570 g/mol. The molecule has 3 radical (unpaired) electrons. The van der Waals surface area contributed by atoms with Gasteiger partial charge in [0.15, 0.2) is 0 Å². The van der Waals surface area contributed by atoms with Gasteiger partial charge < -0.3 is 195 Å². The first-order valence-electron chi connectivity index (χ1n) is 6.12. The summed E-state index contributed by atoms with van der Waals surface area (Å²) in [6.45, 7) is 0. The summed E-state index contributed by atoms with van der Waals surface area (Å²) in [5, 5.41) is 0. The summed E-state index contributed by atoms with van der Waals surface area (Å²) in [7, 11) is -36.3. The standard InChI is InChI=1S/3Al.3Ba.10O3Si.10H2O.3V/c;;;;;;10*1-4(2)3;;;;;;;;;;;;;/h;;;;;;;;;;;;;;;;10*1H2;;;/q3*+3;3*+2;10*-2;;;;;;;;;;;;;/p-10. The van der Waals surface area contributed by atoms with Gasteiger partial charge in [-0.15, -0.1) is 0 Å². The van der Waals surface area contributed by atoms with Crippen molar-refractivity contribution in [2.75, 3.05) is 0 Å². The van der Waals surface area contributed by atoms with Crippen LogP contribution in [0.1, 0.15) is 0 Å². The molecule has 335 valence electrons. The quantitative estimate of drug-likeness (QED) is 0.203. The van der Waals surface area contributed by atoms with E-state index in [2.05, 4.69) is 0 Å². The zero-order valence-corrected chi connectivity index (χ0v) is 57.9. The second-order valence-corrected chi connectivity index (χ2v) is 7.50. The van der Waals surface area contributed by atoms with Gasteiger partial charge in [0.2, 0.25) is 0 Å². The third-order valence-corrected chi connectivity index (χ3v) is 0. The van der Waals surface area contributed by atoms with Crippen LogP contribution < -0.4 is 95.9 Å². The van der Waals surface area contributed by atoms with Gasteiger partial charge in [0.05, 0.1) is 0 Å². The van der Waals surface area contributed by atoms with Gasteiger partial charge in [-0.3, -0.25) is 0 Å². The first-order valence-corrected chi connectivity index (χ1v) is 18.4. The van der Waals surface area contributed by atoms with Crippen molar-refractivity contribution in [3.05, 3.63) is 0 Å². The molecule has 0 saturated heterocycles. The second-order valence-electron chi connectivity index (χ2n) is 2.50. The van der Waals surface area contributed by atoms with E-state index in [4.69, 9.17) is 141 Å². The normalized spacial score (nSPS) is 4.07. The minimum Gasteiger partial charge on any atom is -0.870 e. The zero-order valence-electron chi connectivity index (χ0n) is 26.9. The monoisotopic (exact) mass is 1580 g/mol. The van der Waals surface area contributed by atoms with Crippen LogP contribution in [0.3, 0.4) is 0 Å². The van der Waals surface area contributed by atoms with Crippen molar-refractivity contribution in [1.29, 1.82) is 0 Å². The van der Waals surface area contributed by atoms with Crippen LogP contribution in [0.5, 0.6) is 0 Å². The Morgan fingerprint density at radius 3 is 0.169 bits per heavy atom. The van der Waals surface area contributed by atoms with Crippen LogP contribution in [-0.4, -0.2) is 345 Å². The van der Waals surface area contributed by atoms with Crippen molar-refractivity contribution in [1.82, 2.24) is 0 Å². The SMILES string of the molecule is O=[Si]([O-])[O-].O=[Si]([O-])[O-].O=[Si]([O-])[O-].O=[Si]([O-])[O-].O=[Si]([O-])[O-].O=[Si]([O-])[O-].O=[Si]([O-])[O-].O=[Si]([O-])[O-].O=[Si]([O-])[O-].O=[Si]([O-])[O-].[Al+3].[Al+3].[Al+3].[Ba+2].[Ba+2].[Ba+2].[OH-].[OH-].[OH-].[OH-].[OH-].[OH-].[OH-].[OH-].[OH-].[OH-].[V].[V].[V]. The zero-order chi connectivity index (χ0) is 35.8. The molecule has 10 N–H and O–H groups in total. The molecule has 0 aromatic rings. The molecule has 0 aliphatic rings. The second kappa shape index (κ2) is 200. The summed E-state index contributed by atoms with van der Waals surface area (Å²) in [5.74, 6) is 0. The molecule has 0 aromatic carbocycles. The van der Waals surface area contributed by atoms with Crippen LogP contribution in [0.15, 0.2) is 0 Å². The molecule has 0 heterocycles. The Morgan fingerprint density at radius 1 is 0.169 bits per heavy atom. The summed E-state index contributed by atoms with van der Waals surface area (Å²) >= 11 is 0. The van der Waals surface area contributed by atoms with Gasteiger partial charge in [-0.25, -0.2) is 0 Å². The van der Waals surface area contributed by atoms with Crippen LogP contribution in [0.4, 0.5) is 0 Å². The van der Waals surface area contributed by atoms with Crippen molar-refractivity contribution in [3.8, 4) is 0 Å². The molecule has 0 bridgehead atoms. The topological polar surface area (TPSA) is 932 Å². The Balaban J connectivity index is -0.00000000606. The van der Waals surface area contributed by atoms with Gasteiger partial charge in [0.25, 0.3) is 0 Å². The van der Waals surface area contributed by atoms with E-state index < -0.39 is 91.7 Å². The fourth-order valence-corrected chi connectivity index (χ4v) is 0. The summed E-state index contributed by atoms with van der Waals surface area (Å²) < 4.78 is 85.2. The fraction of sp³-hybridized carbons (Fsp3) is 0. The summed E-state index contributed by atoms with van der Waals surface area (Å²) in [4.78, 5) is 170. The number of hydrogen-bond donors (Lipinski definition) is 0. The largest absolute Gasteiger partial charge is 3.00 e. The maximum atomic E-state index is 8.52. The van der Waals surface area contributed by atoms with Crippen molar-refractivity contribution < 1.29 is 251 Å². The van der Waals surface area contributed by atoms with Crippen LogP contribution in [0, 0.1) is 0 Å². The van der Waals surface area contributed by atoms with Crippen molar-refractivity contribution >= 4 is 290 Å². The fourth-order valence-electron chi connectivity index (χ4n) is 0. The Labute approximate surface area is 531 Å². The predicted molar refractivity (Wildman–Crippen MR) is 118 cm³/mol. The van der Waals surface area contributed by atoms with E-state index >= 15 is 0 Å². The molecule has 0 aliphatic heterocycles. The molecule has 0 spiro atoms. The molecule has 40 nitrogen and oxygen atoms in total. The van der Waals surface area contributed by atoms with Gasteiger partial charge in [-0.05, 0) is 0 Å². The van der Waals surface area contributed by atoms with Crippen LogP contribution in [0.2, 0.25) is 0 Å². The van der Waals surface area contributed by atoms with E-state index in [1.165, 1.54) is 0 Å². The first kappa shape index (κ1) is 210. The number of hydrogen-bond acceptors (Lipinski definition) is 40. The van der Waals surface area contributed by atoms with Crippen molar-refractivity contribution in [3.63, 3.8) is 0 Å². The molecule has 59 heavy (non-hydrogen) atoms. The maximum absolute atomic E-state index is 8.52. The number of rotatable bonds is 0. The Hall–Kier alpha value is 3.83. The van der Waals surface area contributed by atoms with E-state index in [1.54, 1.807) is 0 Å². The smallest absolute Gasteiger partial charge is 0.870 e. The van der Waals surface area contributed by atoms with Crippen molar-refractivity contribution in [2.45, 2.75) is 0 Å².